The zero-order chi connectivity index (χ0) is 14.1. The molecular weight excluding hydrogens is 322 g/mol. The Labute approximate surface area is 129 Å². The Bertz CT molecular complexity index is 188. The number of quaternary nitrogens is 2. The number of hydrogen-bond acceptors (Lipinski definition) is 2. The van der Waals surface area contributed by atoms with Crippen LogP contribution in [0, 0.1) is 10.4 Å². The first-order valence-corrected chi connectivity index (χ1v) is 7.97. The van der Waals surface area contributed by atoms with E-state index in [1.807, 2.05) is 0 Å². The van der Waals surface area contributed by atoms with Gasteiger partial charge >= 0.3 is 0 Å². The SMILES string of the molecule is [O-][N+](CCCl)(CCCl)CC[N+]([O-])(CCCl)CCCl. The standard InChI is InChI=1S/C10H20Cl4N2O2/c11-1-5-15(17,6-2-12)9-10-16(18,7-3-13)8-4-14/h1-10H2. The van der Waals surface area contributed by atoms with E-state index in [4.69, 9.17) is 46.4 Å². The second-order valence-corrected chi connectivity index (χ2v) is 5.73. The monoisotopic (exact) mass is 340 g/mol. The van der Waals surface area contributed by atoms with Crippen molar-refractivity contribution in [2.75, 3.05) is 62.8 Å². The fraction of sp³-hybridized carbons (Fsp3) is 1.00. The number of rotatable bonds is 11. The van der Waals surface area contributed by atoms with Crippen LogP contribution < -0.4 is 0 Å². The zero-order valence-corrected chi connectivity index (χ0v) is 13.3. The summed E-state index contributed by atoms with van der Waals surface area (Å²) in [6.07, 6.45) is 0. The Kier molecular flexibility index (Phi) is 10.4. The minimum absolute atomic E-state index is 0.191. The summed E-state index contributed by atoms with van der Waals surface area (Å²) in [4.78, 5) is 0. The van der Waals surface area contributed by atoms with E-state index in [9.17, 15) is 10.4 Å². The number of nitrogens with zero attached hydrogens (tertiary/aromatic N) is 2. The van der Waals surface area contributed by atoms with Crippen molar-refractivity contribution in [1.82, 2.24) is 0 Å². The minimum Gasteiger partial charge on any atom is -0.633 e. The summed E-state index contributed by atoms with van der Waals surface area (Å²) < 4.78 is -1.06. The molecule has 110 valence electrons. The normalized spacial score (nSPS) is 13.0. The van der Waals surface area contributed by atoms with Gasteiger partial charge in [-0.1, -0.05) is 0 Å². The van der Waals surface area contributed by atoms with Crippen LogP contribution in [0.15, 0.2) is 0 Å². The van der Waals surface area contributed by atoms with E-state index in [-0.39, 0.29) is 62.8 Å². The van der Waals surface area contributed by atoms with Crippen molar-refractivity contribution >= 4 is 46.4 Å². The van der Waals surface area contributed by atoms with E-state index < -0.39 is 9.29 Å². The zero-order valence-electron chi connectivity index (χ0n) is 10.3. The van der Waals surface area contributed by atoms with Crippen LogP contribution in [0.4, 0.5) is 0 Å². The highest BCUT2D eigenvalue weighted by molar-refractivity contribution is 6.18. The molecule has 0 aromatic rings. The molecule has 0 unspecified atom stereocenters. The van der Waals surface area contributed by atoms with Crippen molar-refractivity contribution in [1.29, 1.82) is 0 Å². The lowest BCUT2D eigenvalue weighted by molar-refractivity contribution is -0.931. The highest BCUT2D eigenvalue weighted by Gasteiger charge is 2.23. The van der Waals surface area contributed by atoms with E-state index in [1.54, 1.807) is 0 Å². The number of hydroxylamine groups is 6. The Morgan fingerprint density at radius 2 is 0.722 bits per heavy atom. The summed E-state index contributed by atoms with van der Waals surface area (Å²) in [5, 5.41) is 24.6. The summed E-state index contributed by atoms with van der Waals surface area (Å²) in [7, 11) is 0. The first-order valence-electron chi connectivity index (χ1n) is 5.83. The molecule has 8 heteroatoms. The molecule has 0 aromatic carbocycles. The number of hydrogen-bond donors (Lipinski definition) is 0. The molecule has 0 fully saturated rings. The smallest absolute Gasteiger partial charge is 0.129 e. The molecule has 0 amide bonds. The van der Waals surface area contributed by atoms with Crippen molar-refractivity contribution in [2.24, 2.45) is 0 Å². The third-order valence-electron chi connectivity index (χ3n) is 2.88. The van der Waals surface area contributed by atoms with Gasteiger partial charge in [0.25, 0.3) is 0 Å². The third kappa shape index (κ3) is 7.56. The maximum atomic E-state index is 12.3. The molecule has 0 heterocycles. The average Bonchev–Trinajstić information content (AvgIpc) is 2.28. The fourth-order valence-electron chi connectivity index (χ4n) is 1.65. The summed E-state index contributed by atoms with van der Waals surface area (Å²) in [5.41, 5.74) is 0. The van der Waals surface area contributed by atoms with Crippen molar-refractivity contribution in [3.8, 4) is 0 Å². The Hall–Kier alpha value is 1.00. The molecule has 0 aliphatic rings. The van der Waals surface area contributed by atoms with Crippen LogP contribution in [-0.4, -0.2) is 72.1 Å². The second kappa shape index (κ2) is 9.83. The highest BCUT2D eigenvalue weighted by Crippen LogP contribution is 2.11. The predicted molar refractivity (Wildman–Crippen MR) is 79.3 cm³/mol. The van der Waals surface area contributed by atoms with Gasteiger partial charge in [-0.15, -0.1) is 46.4 Å². The second-order valence-electron chi connectivity index (χ2n) is 4.21. The molecule has 18 heavy (non-hydrogen) atoms. The summed E-state index contributed by atoms with van der Waals surface area (Å²) in [6.45, 7) is 1.42. The Morgan fingerprint density at radius 1 is 0.500 bits per heavy atom. The quantitative estimate of drug-likeness (QED) is 0.329. The molecule has 0 spiro atoms. The summed E-state index contributed by atoms with van der Waals surface area (Å²) in [5.74, 6) is 1.02. The van der Waals surface area contributed by atoms with Crippen LogP contribution in [0.25, 0.3) is 0 Å². The van der Waals surface area contributed by atoms with Crippen LogP contribution >= 0.6 is 46.4 Å². The lowest BCUT2D eigenvalue weighted by Crippen LogP contribution is -2.55. The van der Waals surface area contributed by atoms with Gasteiger partial charge in [-0.05, 0) is 0 Å². The van der Waals surface area contributed by atoms with Gasteiger partial charge < -0.3 is 19.7 Å². The molecular formula is C10H20Cl4N2O2. The van der Waals surface area contributed by atoms with E-state index in [0.717, 1.165) is 0 Å². The highest BCUT2D eigenvalue weighted by atomic mass is 35.5. The van der Waals surface area contributed by atoms with Gasteiger partial charge in [-0.25, -0.2) is 0 Å². The van der Waals surface area contributed by atoms with Gasteiger partial charge in [-0.2, -0.15) is 0 Å². The van der Waals surface area contributed by atoms with Crippen molar-refractivity contribution < 1.29 is 9.29 Å². The van der Waals surface area contributed by atoms with Crippen molar-refractivity contribution in [3.63, 3.8) is 0 Å². The first-order chi connectivity index (χ1) is 8.45. The summed E-state index contributed by atoms with van der Waals surface area (Å²) in [6, 6.07) is 0. The van der Waals surface area contributed by atoms with Crippen LogP contribution in [0.3, 0.4) is 0 Å². The lowest BCUT2D eigenvalue weighted by Gasteiger charge is -2.47. The largest absolute Gasteiger partial charge is 0.633 e. The molecule has 0 saturated carbocycles. The van der Waals surface area contributed by atoms with Crippen molar-refractivity contribution in [2.45, 2.75) is 0 Å². The molecule has 0 aromatic heterocycles. The van der Waals surface area contributed by atoms with E-state index >= 15 is 0 Å². The molecule has 0 saturated heterocycles. The van der Waals surface area contributed by atoms with Gasteiger partial charge in [0.15, 0.2) is 0 Å². The Morgan fingerprint density at radius 3 is 0.889 bits per heavy atom. The number of alkyl halides is 4. The fourth-order valence-corrected chi connectivity index (χ4v) is 2.88. The Balaban J connectivity index is 4.44. The van der Waals surface area contributed by atoms with Gasteiger partial charge in [0.1, 0.15) is 13.1 Å². The third-order valence-corrected chi connectivity index (χ3v) is 3.56. The van der Waals surface area contributed by atoms with Crippen LogP contribution in [-0.2, 0) is 0 Å². The molecule has 0 aliphatic carbocycles. The van der Waals surface area contributed by atoms with Crippen LogP contribution in [0.2, 0.25) is 0 Å². The minimum atomic E-state index is -0.528. The first kappa shape index (κ1) is 19.0. The lowest BCUT2D eigenvalue weighted by atomic mass is 10.4. The average molecular weight is 342 g/mol. The summed E-state index contributed by atoms with van der Waals surface area (Å²) >= 11 is 22.4. The maximum Gasteiger partial charge on any atom is 0.129 e. The van der Waals surface area contributed by atoms with E-state index in [2.05, 4.69) is 0 Å². The molecule has 0 atom stereocenters. The number of halogens is 4. The molecule has 0 bridgehead atoms. The van der Waals surface area contributed by atoms with E-state index in [1.165, 1.54) is 0 Å². The van der Waals surface area contributed by atoms with Crippen LogP contribution in [0.5, 0.6) is 0 Å². The molecule has 0 N–H and O–H groups in total. The topological polar surface area (TPSA) is 46.1 Å². The van der Waals surface area contributed by atoms with Gasteiger partial charge in [0, 0.05) is 0 Å². The van der Waals surface area contributed by atoms with Crippen molar-refractivity contribution in [3.05, 3.63) is 10.4 Å². The van der Waals surface area contributed by atoms with Crippen LogP contribution in [0.1, 0.15) is 0 Å². The molecule has 0 rings (SSSR count). The molecule has 0 radical (unpaired) electrons. The predicted octanol–water partition coefficient (Wildman–Crippen LogP) is 2.57. The van der Waals surface area contributed by atoms with Gasteiger partial charge in [0.2, 0.25) is 0 Å². The molecule has 0 aliphatic heterocycles. The van der Waals surface area contributed by atoms with Gasteiger partial charge in [-0.3, -0.25) is 0 Å². The van der Waals surface area contributed by atoms with Gasteiger partial charge in [0.05, 0.1) is 49.7 Å². The molecule has 4 nitrogen and oxygen atoms in total. The van der Waals surface area contributed by atoms with E-state index in [0.29, 0.717) is 0 Å². The maximum absolute atomic E-state index is 12.3.